The summed E-state index contributed by atoms with van der Waals surface area (Å²) in [5, 5.41) is 11.2. The highest BCUT2D eigenvalue weighted by atomic mass is 19.2. The normalized spacial score (nSPS) is 10.9. The topological polar surface area (TPSA) is 53.6 Å². The summed E-state index contributed by atoms with van der Waals surface area (Å²) in [7, 11) is 0. The number of halogens is 2. The van der Waals surface area contributed by atoms with E-state index < -0.39 is 11.6 Å². The van der Waals surface area contributed by atoms with E-state index in [0.29, 0.717) is 17.0 Å². The van der Waals surface area contributed by atoms with E-state index in [1.807, 2.05) is 19.1 Å². The monoisotopic (exact) mass is 362 g/mol. The number of pyridine rings is 1. The van der Waals surface area contributed by atoms with Gasteiger partial charge in [0.05, 0.1) is 23.1 Å². The maximum absolute atomic E-state index is 14.2. The molecule has 6 heteroatoms. The van der Waals surface area contributed by atoms with Crippen molar-refractivity contribution < 1.29 is 8.78 Å². The summed E-state index contributed by atoms with van der Waals surface area (Å²) >= 11 is 0. The number of anilines is 1. The maximum Gasteiger partial charge on any atom is 0.166 e. The molecule has 0 atom stereocenters. The molecular weight excluding hydrogens is 346 g/mol. The molecule has 0 saturated heterocycles. The summed E-state index contributed by atoms with van der Waals surface area (Å²) in [5.74, 6) is -1.75. The fraction of sp³-hybridized carbons (Fsp3) is 0.0476. The van der Waals surface area contributed by atoms with Crippen LogP contribution in [0.1, 0.15) is 11.4 Å². The first-order valence-electron chi connectivity index (χ1n) is 8.34. The standard InChI is InChI=1S/C21H16F2N4/c1-12-6-8-15(11-24-12)25-13(2)21-17-10-14(7-9-19(17)26-27-21)16-4-3-5-18(22)20(16)23/h3-11,25H,2H2,1H3,(H,26,27). The molecule has 2 N–H and O–H groups in total. The van der Waals surface area contributed by atoms with Crippen LogP contribution >= 0.6 is 0 Å². The van der Waals surface area contributed by atoms with Crippen LogP contribution in [-0.2, 0) is 0 Å². The number of benzene rings is 2. The lowest BCUT2D eigenvalue weighted by Crippen LogP contribution is -1.99. The zero-order valence-electron chi connectivity index (χ0n) is 14.6. The molecule has 134 valence electrons. The molecule has 4 aromatic rings. The number of hydrogen-bond acceptors (Lipinski definition) is 3. The Morgan fingerprint density at radius 1 is 1.11 bits per heavy atom. The van der Waals surface area contributed by atoms with Gasteiger partial charge in [-0.3, -0.25) is 10.1 Å². The maximum atomic E-state index is 14.2. The van der Waals surface area contributed by atoms with Crippen LogP contribution in [0.2, 0.25) is 0 Å². The van der Waals surface area contributed by atoms with Crippen LogP contribution in [0.4, 0.5) is 14.5 Å². The molecule has 0 spiro atoms. The van der Waals surface area contributed by atoms with E-state index >= 15 is 0 Å². The summed E-state index contributed by atoms with van der Waals surface area (Å²) in [6.07, 6.45) is 1.71. The van der Waals surface area contributed by atoms with Crippen molar-refractivity contribution in [1.82, 2.24) is 15.2 Å². The number of H-pyrrole nitrogens is 1. The van der Waals surface area contributed by atoms with Gasteiger partial charge in [-0.15, -0.1) is 0 Å². The van der Waals surface area contributed by atoms with E-state index in [-0.39, 0.29) is 5.56 Å². The fourth-order valence-electron chi connectivity index (χ4n) is 2.91. The Kier molecular flexibility index (Phi) is 4.16. The third kappa shape index (κ3) is 3.17. The summed E-state index contributed by atoms with van der Waals surface area (Å²) in [6, 6.07) is 13.2. The molecule has 27 heavy (non-hydrogen) atoms. The second-order valence-electron chi connectivity index (χ2n) is 6.23. The second-order valence-corrected chi connectivity index (χ2v) is 6.23. The van der Waals surface area contributed by atoms with Gasteiger partial charge in [-0.2, -0.15) is 5.10 Å². The van der Waals surface area contributed by atoms with Crippen LogP contribution in [0.5, 0.6) is 0 Å². The predicted molar refractivity (Wildman–Crippen MR) is 103 cm³/mol. The number of aromatic nitrogens is 3. The minimum atomic E-state index is -0.877. The van der Waals surface area contributed by atoms with Crippen molar-refractivity contribution in [1.29, 1.82) is 0 Å². The summed E-state index contributed by atoms with van der Waals surface area (Å²) in [4.78, 5) is 4.24. The number of nitrogens with zero attached hydrogens (tertiary/aromatic N) is 2. The quantitative estimate of drug-likeness (QED) is 0.518. The molecule has 2 aromatic heterocycles. The highest BCUT2D eigenvalue weighted by Gasteiger charge is 2.14. The average molecular weight is 362 g/mol. The Hall–Kier alpha value is -3.54. The highest BCUT2D eigenvalue weighted by molar-refractivity contribution is 5.95. The number of hydrogen-bond donors (Lipinski definition) is 2. The number of aromatic amines is 1. The van der Waals surface area contributed by atoms with Crippen molar-refractivity contribution in [2.24, 2.45) is 0 Å². The van der Waals surface area contributed by atoms with Crippen molar-refractivity contribution in [2.75, 3.05) is 5.32 Å². The fourth-order valence-corrected chi connectivity index (χ4v) is 2.91. The Balaban J connectivity index is 1.73. The van der Waals surface area contributed by atoms with Gasteiger partial charge in [0.1, 0.15) is 5.69 Å². The number of rotatable bonds is 4. The Morgan fingerprint density at radius 2 is 1.96 bits per heavy atom. The van der Waals surface area contributed by atoms with Crippen LogP contribution in [0, 0.1) is 18.6 Å². The van der Waals surface area contributed by atoms with Crippen LogP contribution in [0.25, 0.3) is 27.7 Å². The van der Waals surface area contributed by atoms with Gasteiger partial charge in [0.25, 0.3) is 0 Å². The molecule has 0 saturated carbocycles. The molecule has 0 radical (unpaired) electrons. The predicted octanol–water partition coefficient (Wildman–Crippen LogP) is 5.29. The van der Waals surface area contributed by atoms with E-state index in [1.165, 1.54) is 6.07 Å². The largest absolute Gasteiger partial charge is 0.353 e. The van der Waals surface area contributed by atoms with Gasteiger partial charge < -0.3 is 5.32 Å². The Labute approximate surface area is 154 Å². The molecule has 4 nitrogen and oxygen atoms in total. The van der Waals surface area contributed by atoms with Gasteiger partial charge >= 0.3 is 0 Å². The van der Waals surface area contributed by atoms with E-state index in [2.05, 4.69) is 27.1 Å². The first kappa shape index (κ1) is 16.9. The minimum Gasteiger partial charge on any atom is -0.353 e. The highest BCUT2D eigenvalue weighted by Crippen LogP contribution is 2.30. The van der Waals surface area contributed by atoms with Crippen LogP contribution in [0.3, 0.4) is 0 Å². The lowest BCUT2D eigenvalue weighted by molar-refractivity contribution is 0.511. The molecular formula is C21H16F2N4. The molecule has 4 rings (SSSR count). The van der Waals surface area contributed by atoms with Crippen LogP contribution in [-0.4, -0.2) is 15.2 Å². The zero-order chi connectivity index (χ0) is 19.0. The molecule has 0 aliphatic rings. The molecule has 0 aliphatic heterocycles. The smallest absolute Gasteiger partial charge is 0.166 e. The zero-order valence-corrected chi connectivity index (χ0v) is 14.6. The van der Waals surface area contributed by atoms with Crippen molar-refractivity contribution in [3.05, 3.63) is 84.3 Å². The van der Waals surface area contributed by atoms with E-state index in [1.54, 1.807) is 30.5 Å². The number of fused-ring (bicyclic) bond motifs is 1. The van der Waals surface area contributed by atoms with Gasteiger partial charge in [-0.1, -0.05) is 24.8 Å². The van der Waals surface area contributed by atoms with E-state index in [0.717, 1.165) is 28.4 Å². The van der Waals surface area contributed by atoms with Crippen molar-refractivity contribution >= 4 is 22.3 Å². The summed E-state index contributed by atoms with van der Waals surface area (Å²) in [5.41, 5.74) is 4.41. The molecule has 2 heterocycles. The van der Waals surface area contributed by atoms with Crippen molar-refractivity contribution in [3.8, 4) is 11.1 Å². The van der Waals surface area contributed by atoms with Gasteiger partial charge in [0.2, 0.25) is 0 Å². The lowest BCUT2D eigenvalue weighted by Gasteiger charge is -2.08. The molecule has 0 unspecified atom stereocenters. The molecule has 0 aliphatic carbocycles. The third-order valence-electron chi connectivity index (χ3n) is 4.32. The van der Waals surface area contributed by atoms with Gasteiger partial charge in [0, 0.05) is 16.6 Å². The molecule has 0 amide bonds. The SMILES string of the molecule is C=C(Nc1ccc(C)nc1)c1n[nH]c2ccc(-c3cccc(F)c3F)cc12. The molecule has 0 bridgehead atoms. The summed E-state index contributed by atoms with van der Waals surface area (Å²) < 4.78 is 27.7. The molecule has 2 aromatic carbocycles. The number of aryl methyl sites for hydroxylation is 1. The minimum absolute atomic E-state index is 0.199. The first-order valence-corrected chi connectivity index (χ1v) is 8.34. The first-order chi connectivity index (χ1) is 13.0. The van der Waals surface area contributed by atoms with Gasteiger partial charge in [0.15, 0.2) is 11.6 Å². The lowest BCUT2D eigenvalue weighted by atomic mass is 10.0. The Morgan fingerprint density at radius 3 is 2.74 bits per heavy atom. The van der Waals surface area contributed by atoms with Crippen LogP contribution in [0.15, 0.2) is 61.3 Å². The van der Waals surface area contributed by atoms with Crippen molar-refractivity contribution in [2.45, 2.75) is 6.92 Å². The van der Waals surface area contributed by atoms with E-state index in [9.17, 15) is 8.78 Å². The van der Waals surface area contributed by atoms with Crippen LogP contribution < -0.4 is 5.32 Å². The number of nitrogens with one attached hydrogen (secondary N) is 2. The Bertz CT molecular complexity index is 1150. The summed E-state index contributed by atoms with van der Waals surface area (Å²) in [6.45, 7) is 5.95. The molecule has 0 fully saturated rings. The van der Waals surface area contributed by atoms with E-state index in [4.69, 9.17) is 0 Å². The third-order valence-corrected chi connectivity index (χ3v) is 4.32. The average Bonchev–Trinajstić information content (AvgIpc) is 3.09. The van der Waals surface area contributed by atoms with Gasteiger partial charge in [-0.25, -0.2) is 8.78 Å². The van der Waals surface area contributed by atoms with Gasteiger partial charge in [-0.05, 0) is 42.8 Å². The van der Waals surface area contributed by atoms with Crippen molar-refractivity contribution in [3.63, 3.8) is 0 Å². The second kappa shape index (κ2) is 6.64.